The van der Waals surface area contributed by atoms with Gasteiger partial charge in [-0.05, 0) is 73.7 Å². The minimum atomic E-state index is -1.29. The van der Waals surface area contributed by atoms with Crippen LogP contribution in [0.1, 0.15) is 66.9 Å². The van der Waals surface area contributed by atoms with Crippen LogP contribution in [0.15, 0.2) is 192 Å². The van der Waals surface area contributed by atoms with Crippen molar-refractivity contribution in [2.24, 2.45) is 0 Å². The summed E-state index contributed by atoms with van der Waals surface area (Å²) in [5.41, 5.74) is 9.90. The van der Waals surface area contributed by atoms with E-state index in [0.29, 0.717) is 48.6 Å². The summed E-state index contributed by atoms with van der Waals surface area (Å²) in [6.45, 7) is 10.1. The number of hydrogen-bond acceptors (Lipinski definition) is 10. The predicted octanol–water partition coefficient (Wildman–Crippen LogP) is 13.9. The molecule has 372 valence electrons. The minimum absolute atomic E-state index is 0.211. The van der Waals surface area contributed by atoms with Crippen LogP contribution < -0.4 is 4.74 Å². The molecule has 10 rings (SSSR count). The molecule has 0 amide bonds. The number of hydrogen-bond donors (Lipinski definition) is 0. The van der Waals surface area contributed by atoms with E-state index >= 15 is 0 Å². The van der Waals surface area contributed by atoms with Gasteiger partial charge in [-0.3, -0.25) is 4.98 Å². The van der Waals surface area contributed by atoms with Crippen LogP contribution in [0.2, 0.25) is 0 Å². The molecule has 0 radical (unpaired) electrons. The highest BCUT2D eigenvalue weighted by Crippen LogP contribution is 2.54. The first kappa shape index (κ1) is 50.5. The Kier molecular flexibility index (Phi) is 16.3. The topological polar surface area (TPSA) is 90.4 Å². The molecule has 3 heterocycles. The molecule has 1 saturated heterocycles. The highest BCUT2D eigenvalue weighted by molar-refractivity contribution is 9.10. The van der Waals surface area contributed by atoms with Crippen molar-refractivity contribution in [3.8, 4) is 11.5 Å². The molecule has 11 heteroatoms. The number of thioether (sulfide) groups is 1. The third-order valence-electron chi connectivity index (χ3n) is 13.2. The van der Waals surface area contributed by atoms with E-state index in [2.05, 4.69) is 147 Å². The van der Waals surface area contributed by atoms with Crippen molar-refractivity contribution in [1.82, 2.24) is 9.97 Å². The number of para-hydroxylation sites is 2. The van der Waals surface area contributed by atoms with E-state index in [4.69, 9.17) is 43.1 Å². The van der Waals surface area contributed by atoms with Gasteiger partial charge in [0.2, 0.25) is 0 Å². The van der Waals surface area contributed by atoms with Crippen LogP contribution >= 0.6 is 27.7 Å². The fourth-order valence-corrected chi connectivity index (χ4v) is 11.4. The number of fused-ring (bicyclic) bond motifs is 2. The molecule has 1 fully saturated rings. The van der Waals surface area contributed by atoms with Gasteiger partial charge in [0.1, 0.15) is 52.1 Å². The number of rotatable bonds is 19. The number of aromatic nitrogens is 2. The van der Waals surface area contributed by atoms with E-state index in [1.54, 1.807) is 12.4 Å². The predicted molar refractivity (Wildman–Crippen MR) is 288 cm³/mol. The second kappa shape index (κ2) is 23.5. The molecule has 0 bridgehead atoms. The normalized spacial score (nSPS) is 18.9. The van der Waals surface area contributed by atoms with Crippen LogP contribution in [-0.2, 0) is 67.1 Å². The first-order chi connectivity index (χ1) is 35.7. The molecular weight excluding hydrogens is 997 g/mol. The van der Waals surface area contributed by atoms with Crippen LogP contribution in [0.25, 0.3) is 0 Å². The van der Waals surface area contributed by atoms with Gasteiger partial charge >= 0.3 is 0 Å². The van der Waals surface area contributed by atoms with Gasteiger partial charge in [0.15, 0.2) is 5.60 Å². The fourth-order valence-electron chi connectivity index (χ4n) is 9.75. The summed E-state index contributed by atoms with van der Waals surface area (Å²) in [4.78, 5) is 10.4. The fraction of sp³-hybridized carbons (Fsp3) is 0.258. The van der Waals surface area contributed by atoms with E-state index in [1.165, 1.54) is 11.8 Å². The summed E-state index contributed by atoms with van der Waals surface area (Å²) < 4.78 is 50.6. The Labute approximate surface area is 441 Å². The van der Waals surface area contributed by atoms with Crippen molar-refractivity contribution in [2.75, 3.05) is 6.61 Å². The van der Waals surface area contributed by atoms with Gasteiger partial charge in [-0.2, -0.15) is 0 Å². The number of nitrogens with zero attached hydrogens (tertiary/aromatic N) is 2. The SMILES string of the molecule is Cc1cccc(COC[C@H]2O[C@@H](Sc3nccnc3C3(OCc4ccccc4Br)c4ccccc4Oc4ccccc43)[C@H](OCc3cccc(C)c3)[C@@H](OCc3cccc(C)c3)[C@@H]2OCc2cccc(C)c2)c1. The lowest BCUT2D eigenvalue weighted by molar-refractivity contribution is -0.254. The summed E-state index contributed by atoms with van der Waals surface area (Å²) in [6.07, 6.45) is 0.849. The maximum Gasteiger partial charge on any atom is 0.170 e. The summed E-state index contributed by atoms with van der Waals surface area (Å²) in [5, 5.41) is 0.589. The summed E-state index contributed by atoms with van der Waals surface area (Å²) >= 11 is 5.23. The molecule has 0 spiro atoms. The molecule has 7 aromatic carbocycles. The number of aryl methyl sites for hydroxylation is 4. The average molecular weight is 1060 g/mol. The molecule has 0 aliphatic carbocycles. The summed E-state index contributed by atoms with van der Waals surface area (Å²) in [6, 6.07) is 57.6. The maximum atomic E-state index is 7.43. The van der Waals surface area contributed by atoms with Crippen LogP contribution in [0.4, 0.5) is 0 Å². The van der Waals surface area contributed by atoms with Crippen molar-refractivity contribution in [1.29, 1.82) is 0 Å². The number of ether oxygens (including phenoxy) is 7. The van der Waals surface area contributed by atoms with Crippen molar-refractivity contribution in [3.63, 3.8) is 0 Å². The van der Waals surface area contributed by atoms with Crippen molar-refractivity contribution < 1.29 is 33.2 Å². The van der Waals surface area contributed by atoms with Gasteiger partial charge in [-0.25, -0.2) is 4.98 Å². The molecule has 8 aromatic rings. The first-order valence-corrected chi connectivity index (χ1v) is 26.4. The van der Waals surface area contributed by atoms with E-state index < -0.39 is 35.5 Å². The molecule has 9 nitrogen and oxygen atoms in total. The Bertz CT molecular complexity index is 3110. The zero-order valence-corrected chi connectivity index (χ0v) is 43.9. The number of halogens is 1. The van der Waals surface area contributed by atoms with Gasteiger partial charge in [0.25, 0.3) is 0 Å². The zero-order chi connectivity index (χ0) is 50.2. The molecular formula is C62H59BrN2O7S. The van der Waals surface area contributed by atoms with Crippen molar-refractivity contribution in [2.45, 2.75) is 101 Å². The molecule has 5 atom stereocenters. The van der Waals surface area contributed by atoms with Gasteiger partial charge in [-0.15, -0.1) is 0 Å². The van der Waals surface area contributed by atoms with Crippen LogP contribution in [-0.4, -0.2) is 46.4 Å². The van der Waals surface area contributed by atoms with Crippen LogP contribution in [0, 0.1) is 27.7 Å². The van der Waals surface area contributed by atoms with Gasteiger partial charge in [0.05, 0.1) is 39.6 Å². The Hall–Kier alpha value is -5.99. The minimum Gasteiger partial charge on any atom is -0.457 e. The van der Waals surface area contributed by atoms with Crippen LogP contribution in [0.3, 0.4) is 0 Å². The van der Waals surface area contributed by atoms with Crippen molar-refractivity contribution >= 4 is 27.7 Å². The Morgan fingerprint density at radius 1 is 0.521 bits per heavy atom. The van der Waals surface area contributed by atoms with Gasteiger partial charge in [0, 0.05) is 28.0 Å². The molecule has 0 N–H and O–H groups in total. The lowest BCUT2D eigenvalue weighted by atomic mass is 9.80. The quantitative estimate of drug-likeness (QED) is 0.0780. The first-order valence-electron chi connectivity index (χ1n) is 24.7. The van der Waals surface area contributed by atoms with E-state index in [9.17, 15) is 0 Å². The molecule has 0 unspecified atom stereocenters. The Morgan fingerprint density at radius 3 is 1.58 bits per heavy atom. The van der Waals surface area contributed by atoms with Gasteiger partial charge in [-0.1, -0.05) is 202 Å². The molecule has 0 saturated carbocycles. The van der Waals surface area contributed by atoms with E-state index in [1.807, 2.05) is 66.7 Å². The average Bonchev–Trinajstić information content (AvgIpc) is 3.39. The molecule has 73 heavy (non-hydrogen) atoms. The third kappa shape index (κ3) is 11.9. The summed E-state index contributed by atoms with van der Waals surface area (Å²) in [5.74, 6) is 1.32. The smallest absolute Gasteiger partial charge is 0.170 e. The zero-order valence-electron chi connectivity index (χ0n) is 41.5. The second-order valence-corrected chi connectivity index (χ2v) is 20.8. The monoisotopic (exact) mass is 1050 g/mol. The summed E-state index contributed by atoms with van der Waals surface area (Å²) in [7, 11) is 0. The largest absolute Gasteiger partial charge is 0.457 e. The molecule has 2 aliphatic rings. The number of benzene rings is 7. The molecule has 2 aliphatic heterocycles. The van der Waals surface area contributed by atoms with E-state index in [-0.39, 0.29) is 13.2 Å². The highest BCUT2D eigenvalue weighted by atomic mass is 79.9. The Balaban J connectivity index is 1.10. The maximum absolute atomic E-state index is 7.43. The lowest BCUT2D eigenvalue weighted by Crippen LogP contribution is -2.60. The lowest BCUT2D eigenvalue weighted by Gasteiger charge is -2.46. The standard InChI is InChI=1S/C62H59BrN2O7S/c1-41-15-11-19-45(31-41)35-66-40-55-56(67-36-46-20-12-16-42(2)32-46)57(68-37-47-21-13-17-43(3)33-47)58(69-38-48-22-14-18-44(4)34-48)61(72-55)73-60-59(64-29-30-65-60)62(70-39-49-23-5-8-26-52(49)63)50-24-6-9-27-53(50)71-54-28-10-7-25-51(54)62/h5-34,55-58,61H,35-40H2,1-4H3/t55-,56-,57+,58-,61+/m1/s1. The van der Waals surface area contributed by atoms with Gasteiger partial charge < -0.3 is 33.2 Å². The highest BCUT2D eigenvalue weighted by Gasteiger charge is 2.52. The second-order valence-electron chi connectivity index (χ2n) is 18.8. The van der Waals surface area contributed by atoms with Crippen LogP contribution in [0.5, 0.6) is 11.5 Å². The Morgan fingerprint density at radius 2 is 1.01 bits per heavy atom. The molecule has 1 aromatic heterocycles. The van der Waals surface area contributed by atoms with E-state index in [0.717, 1.165) is 65.7 Å². The van der Waals surface area contributed by atoms with Crippen molar-refractivity contribution in [3.05, 3.63) is 254 Å². The third-order valence-corrected chi connectivity index (χ3v) is 15.1.